The molecule has 0 aromatic heterocycles. The summed E-state index contributed by atoms with van der Waals surface area (Å²) in [6, 6.07) is 18.3. The molecule has 0 saturated carbocycles. The van der Waals surface area contributed by atoms with Gasteiger partial charge in [0.2, 0.25) is 5.91 Å². The number of carbonyl (C=O) groups is 2. The number of rotatable bonds is 11. The third kappa shape index (κ3) is 7.05. The van der Waals surface area contributed by atoms with Gasteiger partial charge in [-0.25, -0.2) is 4.39 Å². The van der Waals surface area contributed by atoms with Gasteiger partial charge in [0.05, 0.1) is 31.1 Å². The molecule has 0 saturated heterocycles. The van der Waals surface area contributed by atoms with Crippen molar-refractivity contribution >= 4 is 23.2 Å². The molecule has 7 nitrogen and oxygen atoms in total. The molecule has 0 aliphatic carbocycles. The number of halogens is 1. The summed E-state index contributed by atoms with van der Waals surface area (Å²) < 4.78 is 24.8. The molecule has 36 heavy (non-hydrogen) atoms. The SMILES string of the molecule is CCOc1cc(NC(=O)c2ccccc2)c(OCC)cc1NC(=O)CN(C)C(C)c1ccc(F)cc1. The first-order valence-corrected chi connectivity index (χ1v) is 11.9. The van der Waals surface area contributed by atoms with Crippen molar-refractivity contribution in [3.05, 3.63) is 83.7 Å². The predicted molar refractivity (Wildman–Crippen MR) is 139 cm³/mol. The van der Waals surface area contributed by atoms with Crippen LogP contribution in [0.25, 0.3) is 0 Å². The molecule has 0 aliphatic rings. The fourth-order valence-electron chi connectivity index (χ4n) is 3.64. The quantitative estimate of drug-likeness (QED) is 0.368. The molecule has 1 atom stereocenters. The molecule has 2 N–H and O–H groups in total. The summed E-state index contributed by atoms with van der Waals surface area (Å²) in [5, 5.41) is 5.76. The Morgan fingerprint density at radius 3 is 2.00 bits per heavy atom. The van der Waals surface area contributed by atoms with E-state index in [4.69, 9.17) is 9.47 Å². The van der Waals surface area contributed by atoms with Crippen molar-refractivity contribution in [2.45, 2.75) is 26.8 Å². The number of anilines is 2. The van der Waals surface area contributed by atoms with Crippen molar-refractivity contribution in [1.29, 1.82) is 0 Å². The summed E-state index contributed by atoms with van der Waals surface area (Å²) in [6.07, 6.45) is 0. The molecular formula is C28H32FN3O4. The van der Waals surface area contributed by atoms with Crippen LogP contribution in [-0.2, 0) is 4.79 Å². The van der Waals surface area contributed by atoms with Gasteiger partial charge in [-0.2, -0.15) is 0 Å². The molecule has 0 fully saturated rings. The topological polar surface area (TPSA) is 79.9 Å². The van der Waals surface area contributed by atoms with Gasteiger partial charge in [-0.15, -0.1) is 0 Å². The van der Waals surface area contributed by atoms with Crippen LogP contribution in [-0.4, -0.2) is 43.5 Å². The minimum atomic E-state index is -0.302. The third-order valence-corrected chi connectivity index (χ3v) is 5.65. The lowest BCUT2D eigenvalue weighted by atomic mass is 10.1. The van der Waals surface area contributed by atoms with E-state index >= 15 is 0 Å². The van der Waals surface area contributed by atoms with E-state index in [1.807, 2.05) is 38.8 Å². The molecule has 0 aliphatic heterocycles. The van der Waals surface area contributed by atoms with E-state index in [1.165, 1.54) is 12.1 Å². The van der Waals surface area contributed by atoms with Crippen LogP contribution in [0.3, 0.4) is 0 Å². The molecule has 0 radical (unpaired) electrons. The highest BCUT2D eigenvalue weighted by molar-refractivity contribution is 6.05. The summed E-state index contributed by atoms with van der Waals surface area (Å²) in [4.78, 5) is 27.5. The number of hydrogen-bond donors (Lipinski definition) is 2. The van der Waals surface area contributed by atoms with Crippen LogP contribution in [0.5, 0.6) is 11.5 Å². The zero-order chi connectivity index (χ0) is 26.1. The second-order valence-electron chi connectivity index (χ2n) is 8.22. The zero-order valence-corrected chi connectivity index (χ0v) is 21.0. The number of carbonyl (C=O) groups excluding carboxylic acids is 2. The van der Waals surface area contributed by atoms with Crippen molar-refractivity contribution in [3.63, 3.8) is 0 Å². The van der Waals surface area contributed by atoms with Gasteiger partial charge in [0.25, 0.3) is 5.91 Å². The fourth-order valence-corrected chi connectivity index (χ4v) is 3.64. The summed E-state index contributed by atoms with van der Waals surface area (Å²) in [5.41, 5.74) is 2.28. The minimum absolute atomic E-state index is 0.0978. The molecule has 3 aromatic rings. The van der Waals surface area contributed by atoms with E-state index < -0.39 is 0 Å². The number of benzene rings is 3. The Hall–Kier alpha value is -3.91. The van der Waals surface area contributed by atoms with E-state index in [-0.39, 0.29) is 30.2 Å². The number of ether oxygens (including phenoxy) is 2. The van der Waals surface area contributed by atoms with Crippen molar-refractivity contribution in [1.82, 2.24) is 4.90 Å². The average Bonchev–Trinajstić information content (AvgIpc) is 2.87. The Bertz CT molecular complexity index is 1170. The molecule has 0 heterocycles. The highest BCUT2D eigenvalue weighted by Crippen LogP contribution is 2.37. The highest BCUT2D eigenvalue weighted by Gasteiger charge is 2.19. The van der Waals surface area contributed by atoms with Gasteiger partial charge in [0.15, 0.2) is 0 Å². The van der Waals surface area contributed by atoms with E-state index in [9.17, 15) is 14.0 Å². The Labute approximate surface area is 211 Å². The normalized spacial score (nSPS) is 11.6. The Kier molecular flexibility index (Phi) is 9.41. The zero-order valence-electron chi connectivity index (χ0n) is 21.0. The van der Waals surface area contributed by atoms with Crippen LogP contribution >= 0.6 is 0 Å². The number of amides is 2. The van der Waals surface area contributed by atoms with Crippen LogP contribution in [0, 0.1) is 5.82 Å². The predicted octanol–water partition coefficient (Wildman–Crippen LogP) is 5.51. The van der Waals surface area contributed by atoms with E-state index in [1.54, 1.807) is 48.5 Å². The summed E-state index contributed by atoms with van der Waals surface area (Å²) in [7, 11) is 1.82. The van der Waals surface area contributed by atoms with Gasteiger partial charge in [-0.3, -0.25) is 14.5 Å². The number of hydrogen-bond acceptors (Lipinski definition) is 5. The van der Waals surface area contributed by atoms with Gasteiger partial charge in [-0.1, -0.05) is 30.3 Å². The van der Waals surface area contributed by atoms with Crippen molar-refractivity contribution in [3.8, 4) is 11.5 Å². The molecular weight excluding hydrogens is 461 g/mol. The number of nitrogens with one attached hydrogen (secondary N) is 2. The van der Waals surface area contributed by atoms with Crippen molar-refractivity contribution in [2.24, 2.45) is 0 Å². The van der Waals surface area contributed by atoms with Crippen molar-refractivity contribution < 1.29 is 23.5 Å². The maximum Gasteiger partial charge on any atom is 0.255 e. The first kappa shape index (κ1) is 26.7. The number of likely N-dealkylation sites (N-methyl/N-ethyl adjacent to an activating group) is 1. The minimum Gasteiger partial charge on any atom is -0.492 e. The smallest absolute Gasteiger partial charge is 0.255 e. The maximum absolute atomic E-state index is 13.3. The molecule has 1 unspecified atom stereocenters. The molecule has 0 spiro atoms. The van der Waals surface area contributed by atoms with E-state index in [0.717, 1.165) is 5.56 Å². The molecule has 2 amide bonds. The van der Waals surface area contributed by atoms with Crippen LogP contribution in [0.4, 0.5) is 15.8 Å². The van der Waals surface area contributed by atoms with Gasteiger partial charge in [0, 0.05) is 23.7 Å². The van der Waals surface area contributed by atoms with Crippen LogP contribution in [0.1, 0.15) is 42.7 Å². The first-order chi connectivity index (χ1) is 17.3. The van der Waals surface area contributed by atoms with E-state index in [0.29, 0.717) is 41.7 Å². The summed E-state index contributed by atoms with van der Waals surface area (Å²) in [5.74, 6) is -0.0214. The molecule has 190 valence electrons. The fraction of sp³-hybridized carbons (Fsp3) is 0.286. The molecule has 0 bridgehead atoms. The van der Waals surface area contributed by atoms with Crippen LogP contribution in [0.2, 0.25) is 0 Å². The lowest BCUT2D eigenvalue weighted by molar-refractivity contribution is -0.117. The number of nitrogens with zero attached hydrogens (tertiary/aromatic N) is 1. The Balaban J connectivity index is 1.78. The summed E-state index contributed by atoms with van der Waals surface area (Å²) >= 11 is 0. The largest absolute Gasteiger partial charge is 0.492 e. The maximum atomic E-state index is 13.3. The Morgan fingerprint density at radius 1 is 0.889 bits per heavy atom. The molecule has 3 rings (SSSR count). The monoisotopic (exact) mass is 493 g/mol. The molecule has 8 heteroatoms. The van der Waals surface area contributed by atoms with Crippen LogP contribution in [0.15, 0.2) is 66.7 Å². The van der Waals surface area contributed by atoms with E-state index in [2.05, 4.69) is 10.6 Å². The van der Waals surface area contributed by atoms with Gasteiger partial charge < -0.3 is 20.1 Å². The highest BCUT2D eigenvalue weighted by atomic mass is 19.1. The standard InChI is InChI=1S/C28H32FN3O4/c1-5-35-25-17-24(31-28(34)21-10-8-7-9-11-21)26(36-6-2)16-23(25)30-27(33)18-32(4)19(3)20-12-14-22(29)15-13-20/h7-17,19H,5-6,18H2,1-4H3,(H,30,33)(H,31,34). The lowest BCUT2D eigenvalue weighted by Crippen LogP contribution is -2.32. The second-order valence-corrected chi connectivity index (χ2v) is 8.22. The summed E-state index contributed by atoms with van der Waals surface area (Å²) in [6.45, 7) is 6.45. The van der Waals surface area contributed by atoms with Crippen molar-refractivity contribution in [2.75, 3.05) is 37.4 Å². The average molecular weight is 494 g/mol. The van der Waals surface area contributed by atoms with Gasteiger partial charge >= 0.3 is 0 Å². The Morgan fingerprint density at radius 2 is 1.44 bits per heavy atom. The molecule has 3 aromatic carbocycles. The lowest BCUT2D eigenvalue weighted by Gasteiger charge is -2.25. The van der Waals surface area contributed by atoms with Gasteiger partial charge in [0.1, 0.15) is 17.3 Å². The first-order valence-electron chi connectivity index (χ1n) is 11.9. The second kappa shape index (κ2) is 12.7. The van der Waals surface area contributed by atoms with Gasteiger partial charge in [-0.05, 0) is 57.6 Å². The third-order valence-electron chi connectivity index (χ3n) is 5.65. The van der Waals surface area contributed by atoms with Crippen LogP contribution < -0.4 is 20.1 Å².